The highest BCUT2D eigenvalue weighted by molar-refractivity contribution is 7.23. The molecular formula is C13H16N2S. The van der Waals surface area contributed by atoms with E-state index in [1.807, 2.05) is 11.3 Å². The molecular weight excluding hydrogens is 216 g/mol. The van der Waals surface area contributed by atoms with E-state index in [1.165, 1.54) is 20.7 Å². The van der Waals surface area contributed by atoms with E-state index in [9.17, 15) is 0 Å². The van der Waals surface area contributed by atoms with Crippen LogP contribution in [0.3, 0.4) is 0 Å². The molecule has 0 aliphatic carbocycles. The van der Waals surface area contributed by atoms with E-state index < -0.39 is 0 Å². The lowest BCUT2D eigenvalue weighted by molar-refractivity contribution is 0.591. The number of anilines is 1. The second-order valence-corrected chi connectivity index (χ2v) is 5.30. The molecule has 3 rings (SSSR count). The first-order valence-corrected chi connectivity index (χ1v) is 6.62. The van der Waals surface area contributed by atoms with Crippen LogP contribution in [0.25, 0.3) is 10.1 Å². The Kier molecular flexibility index (Phi) is 2.58. The molecule has 0 bridgehead atoms. The fourth-order valence-electron chi connectivity index (χ4n) is 2.33. The summed E-state index contributed by atoms with van der Waals surface area (Å²) >= 11 is 1.93. The van der Waals surface area contributed by atoms with Crippen LogP contribution in [0.15, 0.2) is 24.3 Å². The predicted octanol–water partition coefficient (Wildman–Crippen LogP) is 2.62. The van der Waals surface area contributed by atoms with Crippen LogP contribution in [-0.4, -0.2) is 26.2 Å². The lowest BCUT2D eigenvalue weighted by Gasteiger charge is -2.28. The molecule has 2 nitrogen and oxygen atoms in total. The molecule has 1 saturated heterocycles. The van der Waals surface area contributed by atoms with Gasteiger partial charge in [0, 0.05) is 30.9 Å². The van der Waals surface area contributed by atoms with Gasteiger partial charge in [0.15, 0.2) is 0 Å². The number of piperazine rings is 1. The summed E-state index contributed by atoms with van der Waals surface area (Å²) in [6, 6.07) is 8.70. The zero-order chi connectivity index (χ0) is 11.0. The normalized spacial score (nSPS) is 16.9. The summed E-state index contributed by atoms with van der Waals surface area (Å²) in [6.07, 6.45) is 0. The van der Waals surface area contributed by atoms with Crippen LogP contribution in [0.1, 0.15) is 5.56 Å². The van der Waals surface area contributed by atoms with Crippen molar-refractivity contribution in [2.75, 3.05) is 31.1 Å². The lowest BCUT2D eigenvalue weighted by Crippen LogP contribution is -2.43. The first-order valence-electron chi connectivity index (χ1n) is 5.80. The molecule has 0 radical (unpaired) electrons. The number of nitrogens with one attached hydrogen (secondary N) is 1. The maximum absolute atomic E-state index is 3.40. The maximum atomic E-state index is 3.40. The summed E-state index contributed by atoms with van der Waals surface area (Å²) in [6.45, 7) is 6.72. The van der Waals surface area contributed by atoms with Crippen molar-refractivity contribution in [3.8, 4) is 0 Å². The Bertz CT molecular complexity index is 498. The molecule has 2 heterocycles. The molecule has 1 aromatic carbocycles. The number of fused-ring (bicyclic) bond motifs is 1. The van der Waals surface area contributed by atoms with Gasteiger partial charge in [-0.1, -0.05) is 18.2 Å². The van der Waals surface area contributed by atoms with Crippen molar-refractivity contribution in [3.05, 3.63) is 29.8 Å². The highest BCUT2D eigenvalue weighted by atomic mass is 32.1. The Morgan fingerprint density at radius 3 is 2.69 bits per heavy atom. The van der Waals surface area contributed by atoms with E-state index in [0.717, 1.165) is 26.2 Å². The molecule has 1 fully saturated rings. The van der Waals surface area contributed by atoms with Gasteiger partial charge in [-0.25, -0.2) is 0 Å². The van der Waals surface area contributed by atoms with Gasteiger partial charge in [0.2, 0.25) is 0 Å². The highest BCUT2D eigenvalue weighted by Crippen LogP contribution is 2.37. The monoisotopic (exact) mass is 232 g/mol. The summed E-state index contributed by atoms with van der Waals surface area (Å²) in [5.41, 5.74) is 1.45. The third kappa shape index (κ3) is 1.60. The molecule has 0 unspecified atom stereocenters. The lowest BCUT2D eigenvalue weighted by atomic mass is 10.2. The fourth-order valence-corrected chi connectivity index (χ4v) is 3.59. The Morgan fingerprint density at radius 1 is 1.19 bits per heavy atom. The van der Waals surface area contributed by atoms with Crippen molar-refractivity contribution in [1.82, 2.24) is 5.32 Å². The summed E-state index contributed by atoms with van der Waals surface area (Å²) in [7, 11) is 0. The summed E-state index contributed by atoms with van der Waals surface area (Å²) in [5, 5.41) is 6.28. The largest absolute Gasteiger partial charge is 0.361 e. The van der Waals surface area contributed by atoms with Crippen molar-refractivity contribution in [1.29, 1.82) is 0 Å². The number of hydrogen-bond acceptors (Lipinski definition) is 3. The average Bonchev–Trinajstić information content (AvgIpc) is 2.69. The molecule has 16 heavy (non-hydrogen) atoms. The maximum Gasteiger partial charge on any atom is 0.0951 e. The van der Waals surface area contributed by atoms with E-state index in [1.54, 1.807) is 0 Å². The Morgan fingerprint density at radius 2 is 1.94 bits per heavy atom. The number of rotatable bonds is 1. The van der Waals surface area contributed by atoms with Gasteiger partial charge >= 0.3 is 0 Å². The van der Waals surface area contributed by atoms with Gasteiger partial charge in [-0.15, -0.1) is 11.3 Å². The average molecular weight is 232 g/mol. The number of benzene rings is 1. The second kappa shape index (κ2) is 4.07. The molecule has 1 aliphatic rings. The standard InChI is InChI=1S/C13H16N2S/c1-10-11-4-2-3-5-12(11)16-13(10)15-8-6-14-7-9-15/h2-5,14H,6-9H2,1H3. The smallest absolute Gasteiger partial charge is 0.0951 e. The molecule has 3 heteroatoms. The molecule has 0 spiro atoms. The molecule has 2 aromatic rings. The minimum Gasteiger partial charge on any atom is -0.361 e. The van der Waals surface area contributed by atoms with E-state index in [4.69, 9.17) is 0 Å². The first-order chi connectivity index (χ1) is 7.86. The van der Waals surface area contributed by atoms with Gasteiger partial charge in [-0.2, -0.15) is 0 Å². The topological polar surface area (TPSA) is 15.3 Å². The third-order valence-electron chi connectivity index (χ3n) is 3.22. The van der Waals surface area contributed by atoms with Crippen molar-refractivity contribution < 1.29 is 0 Å². The quantitative estimate of drug-likeness (QED) is 0.813. The molecule has 0 saturated carbocycles. The molecule has 0 atom stereocenters. The van der Waals surface area contributed by atoms with Crippen molar-refractivity contribution >= 4 is 26.4 Å². The summed E-state index contributed by atoms with van der Waals surface area (Å²) < 4.78 is 1.41. The van der Waals surface area contributed by atoms with Gasteiger partial charge in [0.25, 0.3) is 0 Å². The number of aryl methyl sites for hydroxylation is 1. The Balaban J connectivity index is 2.05. The molecule has 1 N–H and O–H groups in total. The van der Waals surface area contributed by atoms with Gasteiger partial charge in [-0.05, 0) is 23.9 Å². The Labute approximate surface area is 99.9 Å². The van der Waals surface area contributed by atoms with Gasteiger partial charge in [0.1, 0.15) is 0 Å². The van der Waals surface area contributed by atoms with E-state index in [0.29, 0.717) is 0 Å². The molecule has 1 aliphatic heterocycles. The number of nitrogens with zero attached hydrogens (tertiary/aromatic N) is 1. The van der Waals surface area contributed by atoms with Crippen molar-refractivity contribution in [2.24, 2.45) is 0 Å². The van der Waals surface area contributed by atoms with Crippen LogP contribution in [0.4, 0.5) is 5.00 Å². The van der Waals surface area contributed by atoms with Gasteiger partial charge in [0.05, 0.1) is 5.00 Å². The minimum absolute atomic E-state index is 1.10. The predicted molar refractivity (Wildman–Crippen MR) is 71.6 cm³/mol. The number of thiophene rings is 1. The number of hydrogen-bond donors (Lipinski definition) is 1. The van der Waals surface area contributed by atoms with Crippen LogP contribution >= 0.6 is 11.3 Å². The van der Waals surface area contributed by atoms with Crippen LogP contribution in [0, 0.1) is 6.92 Å². The van der Waals surface area contributed by atoms with E-state index >= 15 is 0 Å². The highest BCUT2D eigenvalue weighted by Gasteiger charge is 2.16. The van der Waals surface area contributed by atoms with Crippen molar-refractivity contribution in [3.63, 3.8) is 0 Å². The molecule has 0 amide bonds. The zero-order valence-electron chi connectivity index (χ0n) is 9.49. The third-order valence-corrected chi connectivity index (χ3v) is 4.56. The Hall–Kier alpha value is -1.06. The van der Waals surface area contributed by atoms with Crippen LogP contribution < -0.4 is 10.2 Å². The van der Waals surface area contributed by atoms with Crippen LogP contribution in [0.5, 0.6) is 0 Å². The van der Waals surface area contributed by atoms with Gasteiger partial charge in [-0.3, -0.25) is 0 Å². The summed E-state index contributed by atoms with van der Waals surface area (Å²) in [4.78, 5) is 2.51. The molecule has 84 valence electrons. The molecule has 1 aromatic heterocycles. The SMILES string of the molecule is Cc1c(N2CCNCC2)sc2ccccc12. The minimum atomic E-state index is 1.10. The fraction of sp³-hybridized carbons (Fsp3) is 0.385. The van der Waals surface area contributed by atoms with Gasteiger partial charge < -0.3 is 10.2 Å². The zero-order valence-corrected chi connectivity index (χ0v) is 10.3. The van der Waals surface area contributed by atoms with E-state index in [-0.39, 0.29) is 0 Å². The first kappa shape index (κ1) is 10.1. The van der Waals surface area contributed by atoms with E-state index in [2.05, 4.69) is 41.4 Å². The summed E-state index contributed by atoms with van der Waals surface area (Å²) in [5.74, 6) is 0. The second-order valence-electron chi connectivity index (χ2n) is 4.27. The van der Waals surface area contributed by atoms with Crippen LogP contribution in [-0.2, 0) is 0 Å². The van der Waals surface area contributed by atoms with Crippen LogP contribution in [0.2, 0.25) is 0 Å². The van der Waals surface area contributed by atoms with Crippen molar-refractivity contribution in [2.45, 2.75) is 6.92 Å².